The normalized spacial score (nSPS) is 22.0. The quantitative estimate of drug-likeness (QED) is 0.877. The number of hydrogen-bond acceptors (Lipinski definition) is 3. The topological polar surface area (TPSA) is 33.1 Å². The van der Waals surface area contributed by atoms with Gasteiger partial charge in [0.25, 0.3) is 0 Å². The van der Waals surface area contributed by atoms with E-state index in [-0.39, 0.29) is 0 Å². The molecule has 4 nitrogen and oxygen atoms in total. The van der Waals surface area contributed by atoms with Crippen LogP contribution in [0.15, 0.2) is 6.20 Å². The molecule has 1 aliphatic carbocycles. The second-order valence-corrected chi connectivity index (χ2v) is 6.05. The summed E-state index contributed by atoms with van der Waals surface area (Å²) in [6, 6.07) is 1.63. The molecule has 1 saturated carbocycles. The molecule has 19 heavy (non-hydrogen) atoms. The highest BCUT2D eigenvalue weighted by atomic mass is 15.3. The Morgan fingerprint density at radius 3 is 2.63 bits per heavy atom. The summed E-state index contributed by atoms with van der Waals surface area (Å²) in [6.45, 7) is 5.73. The summed E-state index contributed by atoms with van der Waals surface area (Å²) < 4.78 is 1.94. The third-order valence-electron chi connectivity index (χ3n) is 4.50. The second-order valence-electron chi connectivity index (χ2n) is 6.05. The van der Waals surface area contributed by atoms with E-state index in [1.165, 1.54) is 50.0 Å². The summed E-state index contributed by atoms with van der Waals surface area (Å²) >= 11 is 0. The Labute approximate surface area is 116 Å². The zero-order valence-electron chi connectivity index (χ0n) is 12.2. The minimum atomic E-state index is 0.694. The van der Waals surface area contributed by atoms with E-state index in [1.807, 2.05) is 11.7 Å². The van der Waals surface area contributed by atoms with Gasteiger partial charge in [0.05, 0.1) is 5.69 Å². The number of hydrogen-bond donors (Lipinski definition) is 1. The van der Waals surface area contributed by atoms with Gasteiger partial charge in [0.1, 0.15) is 0 Å². The smallest absolute Gasteiger partial charge is 0.0666 e. The van der Waals surface area contributed by atoms with Gasteiger partial charge in [-0.05, 0) is 45.2 Å². The molecule has 0 aromatic carbocycles. The monoisotopic (exact) mass is 262 g/mol. The van der Waals surface area contributed by atoms with Crippen LogP contribution in [-0.4, -0.2) is 39.9 Å². The molecule has 2 heterocycles. The lowest BCUT2D eigenvalue weighted by atomic mass is 10.0. The van der Waals surface area contributed by atoms with Crippen molar-refractivity contribution >= 4 is 0 Å². The number of nitrogens with zero attached hydrogens (tertiary/aromatic N) is 3. The summed E-state index contributed by atoms with van der Waals surface area (Å²) in [6.07, 6.45) is 8.67. The first-order valence-corrected chi connectivity index (χ1v) is 7.75. The van der Waals surface area contributed by atoms with Crippen molar-refractivity contribution in [2.45, 2.75) is 57.7 Å². The molecule has 0 unspecified atom stereocenters. The summed E-state index contributed by atoms with van der Waals surface area (Å²) in [5.41, 5.74) is 2.61. The maximum absolute atomic E-state index is 4.50. The Morgan fingerprint density at radius 2 is 2.00 bits per heavy atom. The fraction of sp³-hybridized carbons (Fsp3) is 0.800. The molecular weight excluding hydrogens is 236 g/mol. The molecule has 106 valence electrons. The van der Waals surface area contributed by atoms with Crippen molar-refractivity contribution in [2.75, 3.05) is 13.1 Å². The van der Waals surface area contributed by atoms with Gasteiger partial charge in [0, 0.05) is 37.4 Å². The third kappa shape index (κ3) is 3.18. The van der Waals surface area contributed by atoms with E-state index in [0.717, 1.165) is 19.0 Å². The van der Waals surface area contributed by atoms with Gasteiger partial charge >= 0.3 is 0 Å². The molecule has 0 amide bonds. The highest BCUT2D eigenvalue weighted by Crippen LogP contribution is 2.29. The molecule has 0 radical (unpaired) electrons. The van der Waals surface area contributed by atoms with Crippen molar-refractivity contribution in [3.63, 3.8) is 0 Å². The van der Waals surface area contributed by atoms with E-state index in [9.17, 15) is 0 Å². The van der Waals surface area contributed by atoms with Crippen LogP contribution in [0.5, 0.6) is 0 Å². The molecule has 3 rings (SSSR count). The Morgan fingerprint density at radius 1 is 1.26 bits per heavy atom. The predicted octanol–water partition coefficient (Wildman–Crippen LogP) is 1.70. The molecular formula is C15H26N4. The summed E-state index contributed by atoms with van der Waals surface area (Å²) in [5, 5.41) is 8.23. The summed E-state index contributed by atoms with van der Waals surface area (Å²) in [5.74, 6) is 0. The van der Waals surface area contributed by atoms with Crippen molar-refractivity contribution in [3.8, 4) is 0 Å². The van der Waals surface area contributed by atoms with Gasteiger partial charge in [-0.25, -0.2) is 0 Å². The average Bonchev–Trinajstić information content (AvgIpc) is 3.21. The lowest BCUT2D eigenvalue weighted by Gasteiger charge is -2.32. The fourth-order valence-corrected chi connectivity index (χ4v) is 3.19. The lowest BCUT2D eigenvalue weighted by Crippen LogP contribution is -2.43. The van der Waals surface area contributed by atoms with Crippen molar-refractivity contribution < 1.29 is 0 Å². The molecule has 2 aliphatic rings. The van der Waals surface area contributed by atoms with Crippen LogP contribution in [0, 0.1) is 0 Å². The first-order valence-electron chi connectivity index (χ1n) is 7.75. The van der Waals surface area contributed by atoms with Gasteiger partial charge in [0.15, 0.2) is 0 Å². The zero-order valence-corrected chi connectivity index (χ0v) is 12.2. The number of piperidine rings is 1. The van der Waals surface area contributed by atoms with Gasteiger partial charge in [-0.3, -0.25) is 4.68 Å². The van der Waals surface area contributed by atoms with Gasteiger partial charge in [-0.1, -0.05) is 6.92 Å². The molecule has 0 bridgehead atoms. The van der Waals surface area contributed by atoms with Crippen LogP contribution < -0.4 is 5.32 Å². The molecule has 1 saturated heterocycles. The molecule has 1 aliphatic heterocycles. The van der Waals surface area contributed by atoms with Crippen LogP contribution in [0.2, 0.25) is 0 Å². The second kappa shape index (κ2) is 5.63. The van der Waals surface area contributed by atoms with Crippen molar-refractivity contribution in [1.82, 2.24) is 20.0 Å². The van der Waals surface area contributed by atoms with E-state index in [1.54, 1.807) is 0 Å². The predicted molar refractivity (Wildman–Crippen MR) is 77.0 cm³/mol. The number of aryl methyl sites for hydroxylation is 2. The van der Waals surface area contributed by atoms with Crippen molar-refractivity contribution in [1.29, 1.82) is 0 Å². The third-order valence-corrected chi connectivity index (χ3v) is 4.50. The van der Waals surface area contributed by atoms with Gasteiger partial charge < -0.3 is 10.2 Å². The molecule has 0 atom stereocenters. The number of aromatic nitrogens is 2. The first kappa shape index (κ1) is 13.1. The van der Waals surface area contributed by atoms with E-state index in [2.05, 4.69) is 28.4 Å². The minimum Gasteiger partial charge on any atom is -0.310 e. The van der Waals surface area contributed by atoms with Crippen LogP contribution in [-0.2, 0) is 20.0 Å². The van der Waals surface area contributed by atoms with Gasteiger partial charge in [-0.15, -0.1) is 0 Å². The molecule has 2 fully saturated rings. The molecule has 1 aromatic rings. The molecule has 0 spiro atoms. The van der Waals surface area contributed by atoms with E-state index in [0.29, 0.717) is 6.04 Å². The fourth-order valence-electron chi connectivity index (χ4n) is 3.19. The molecule has 4 heteroatoms. The van der Waals surface area contributed by atoms with Crippen molar-refractivity contribution in [2.24, 2.45) is 7.05 Å². The standard InChI is InChI=1S/C15H26N4/c1-3-15-12(11-18(2)17-15)10-16-13-6-8-19(9-7-13)14-4-5-14/h11,13-14,16H,3-10H2,1-2H3. The zero-order chi connectivity index (χ0) is 13.2. The van der Waals surface area contributed by atoms with Crippen LogP contribution >= 0.6 is 0 Å². The number of rotatable bonds is 5. The van der Waals surface area contributed by atoms with Gasteiger partial charge in [0.2, 0.25) is 0 Å². The lowest BCUT2D eigenvalue weighted by molar-refractivity contribution is 0.189. The number of likely N-dealkylation sites (tertiary alicyclic amines) is 1. The maximum atomic E-state index is 4.50. The summed E-state index contributed by atoms with van der Waals surface area (Å²) in [4.78, 5) is 2.68. The Kier molecular flexibility index (Phi) is 3.89. The van der Waals surface area contributed by atoms with Crippen LogP contribution in [0.1, 0.15) is 43.9 Å². The van der Waals surface area contributed by atoms with Crippen LogP contribution in [0.3, 0.4) is 0 Å². The van der Waals surface area contributed by atoms with Crippen LogP contribution in [0.4, 0.5) is 0 Å². The first-order chi connectivity index (χ1) is 9.26. The SMILES string of the molecule is CCc1nn(C)cc1CNC1CCN(C2CC2)CC1. The molecule has 1 aromatic heterocycles. The Hall–Kier alpha value is -0.870. The highest BCUT2D eigenvalue weighted by molar-refractivity contribution is 5.16. The summed E-state index contributed by atoms with van der Waals surface area (Å²) in [7, 11) is 2.01. The largest absolute Gasteiger partial charge is 0.310 e. The van der Waals surface area contributed by atoms with E-state index >= 15 is 0 Å². The van der Waals surface area contributed by atoms with Gasteiger partial charge in [-0.2, -0.15) is 5.10 Å². The molecule has 1 N–H and O–H groups in total. The minimum absolute atomic E-state index is 0.694. The number of nitrogens with one attached hydrogen (secondary N) is 1. The van der Waals surface area contributed by atoms with Crippen LogP contribution in [0.25, 0.3) is 0 Å². The average molecular weight is 262 g/mol. The maximum Gasteiger partial charge on any atom is 0.0666 e. The van der Waals surface area contributed by atoms with E-state index in [4.69, 9.17) is 0 Å². The Bertz CT molecular complexity index is 414. The highest BCUT2D eigenvalue weighted by Gasteiger charge is 2.31. The van der Waals surface area contributed by atoms with Crippen molar-refractivity contribution in [3.05, 3.63) is 17.5 Å². The van der Waals surface area contributed by atoms with E-state index < -0.39 is 0 Å². The Balaban J connectivity index is 1.47.